The van der Waals surface area contributed by atoms with Gasteiger partial charge in [-0.1, -0.05) is 32.1 Å². The molecule has 4 aliphatic rings. The first kappa shape index (κ1) is 15.5. The van der Waals surface area contributed by atoms with Crippen LogP contribution in [0, 0.1) is 28.6 Å². The molecule has 3 saturated carbocycles. The van der Waals surface area contributed by atoms with E-state index in [0.29, 0.717) is 23.2 Å². The maximum absolute atomic E-state index is 12.4. The first-order chi connectivity index (χ1) is 11.0. The Hall–Kier alpha value is -1.05. The molecule has 4 rings (SSSR count). The lowest BCUT2D eigenvalue weighted by atomic mass is 9.48. The Labute approximate surface area is 140 Å². The number of carbonyl (C=O) groups excluding carboxylic acids is 1. The van der Waals surface area contributed by atoms with Crippen molar-refractivity contribution < 1.29 is 9.53 Å². The van der Waals surface area contributed by atoms with Crippen LogP contribution in [0.3, 0.4) is 0 Å². The molecule has 0 aromatic carbocycles. The Kier molecular flexibility index (Phi) is 3.52. The van der Waals surface area contributed by atoms with Crippen LogP contribution in [-0.2, 0) is 9.53 Å². The zero-order valence-corrected chi connectivity index (χ0v) is 14.6. The highest BCUT2D eigenvalue weighted by atomic mass is 16.5. The van der Waals surface area contributed by atoms with E-state index in [1.54, 1.807) is 11.8 Å². The van der Waals surface area contributed by atoms with Crippen LogP contribution in [0.2, 0.25) is 0 Å². The van der Waals surface area contributed by atoms with Crippen LogP contribution in [0.1, 0.15) is 65.2 Å². The summed E-state index contributed by atoms with van der Waals surface area (Å²) in [5, 5.41) is 0. The number of carbonyl (C=O) groups is 1. The van der Waals surface area contributed by atoms with Crippen LogP contribution >= 0.6 is 0 Å². The quantitative estimate of drug-likeness (QED) is 0.527. The smallest absolute Gasteiger partial charge is 0.139 e. The average molecular weight is 314 g/mol. The predicted molar refractivity (Wildman–Crippen MR) is 91.8 cm³/mol. The fourth-order valence-electron chi connectivity index (χ4n) is 6.65. The van der Waals surface area contributed by atoms with Crippen molar-refractivity contribution in [2.75, 3.05) is 0 Å². The van der Waals surface area contributed by atoms with Crippen LogP contribution in [0.4, 0.5) is 0 Å². The maximum atomic E-state index is 12.4. The number of rotatable bonds is 2. The largest absolute Gasteiger partial charge is 0.498 e. The van der Waals surface area contributed by atoms with Crippen molar-refractivity contribution in [2.45, 2.75) is 71.3 Å². The number of hydrogen-bond acceptors (Lipinski definition) is 2. The molecule has 0 bridgehead atoms. The predicted octanol–water partition coefficient (Wildman–Crippen LogP) is 5.05. The Morgan fingerprint density at radius 3 is 2.70 bits per heavy atom. The van der Waals surface area contributed by atoms with Gasteiger partial charge in [0, 0.05) is 18.3 Å². The summed E-state index contributed by atoms with van der Waals surface area (Å²) < 4.78 is 5.69. The minimum absolute atomic E-state index is 0.00791. The van der Waals surface area contributed by atoms with Gasteiger partial charge in [0.25, 0.3) is 0 Å². The molecule has 0 heterocycles. The van der Waals surface area contributed by atoms with E-state index in [1.807, 2.05) is 0 Å². The van der Waals surface area contributed by atoms with Gasteiger partial charge in [-0.3, -0.25) is 4.79 Å². The van der Waals surface area contributed by atoms with E-state index in [4.69, 9.17) is 4.74 Å². The van der Waals surface area contributed by atoms with Crippen LogP contribution in [0.25, 0.3) is 0 Å². The highest BCUT2D eigenvalue weighted by Gasteiger charge is 2.58. The fraction of sp³-hybridized carbons (Fsp3) is 0.762. The normalized spacial score (nSPS) is 48.8. The summed E-state index contributed by atoms with van der Waals surface area (Å²) in [4.78, 5) is 12.4. The molecule has 126 valence electrons. The van der Waals surface area contributed by atoms with E-state index in [-0.39, 0.29) is 5.41 Å². The van der Waals surface area contributed by atoms with Gasteiger partial charge in [0.05, 0.1) is 6.26 Å². The molecule has 0 amide bonds. The first-order valence-electron chi connectivity index (χ1n) is 9.48. The third-order valence-corrected chi connectivity index (χ3v) is 8.06. The molecule has 0 aromatic heterocycles. The Morgan fingerprint density at radius 2 is 1.91 bits per heavy atom. The lowest BCUT2D eigenvalue weighted by Crippen LogP contribution is -2.50. The number of allylic oxidation sites excluding steroid dienone is 1. The van der Waals surface area contributed by atoms with Crippen LogP contribution in [0.15, 0.2) is 24.5 Å². The van der Waals surface area contributed by atoms with Gasteiger partial charge < -0.3 is 4.74 Å². The Balaban J connectivity index is 1.63. The Bertz CT molecular complexity index is 562. The second-order valence-electron chi connectivity index (χ2n) is 8.84. The van der Waals surface area contributed by atoms with Crippen LogP contribution in [-0.4, -0.2) is 11.9 Å². The van der Waals surface area contributed by atoms with Crippen LogP contribution < -0.4 is 0 Å². The molecule has 2 nitrogen and oxygen atoms in total. The lowest BCUT2D eigenvalue weighted by molar-refractivity contribution is -0.132. The number of Topliss-reactive ketones (excluding diaryl/α,β-unsaturated/α-hetero) is 1. The third kappa shape index (κ3) is 2.09. The van der Waals surface area contributed by atoms with E-state index in [2.05, 4.69) is 26.5 Å². The van der Waals surface area contributed by atoms with Gasteiger partial charge in [-0.2, -0.15) is 0 Å². The molecule has 0 saturated heterocycles. The monoisotopic (exact) mass is 314 g/mol. The van der Waals surface area contributed by atoms with Gasteiger partial charge in [-0.15, -0.1) is 0 Å². The van der Waals surface area contributed by atoms with Crippen molar-refractivity contribution in [3.63, 3.8) is 0 Å². The molecule has 2 heteroatoms. The van der Waals surface area contributed by atoms with Crippen molar-refractivity contribution in [2.24, 2.45) is 28.6 Å². The first-order valence-corrected chi connectivity index (χ1v) is 9.48. The van der Waals surface area contributed by atoms with Crippen molar-refractivity contribution >= 4 is 5.78 Å². The highest BCUT2D eigenvalue weighted by molar-refractivity contribution is 5.87. The van der Waals surface area contributed by atoms with E-state index in [1.165, 1.54) is 19.3 Å². The van der Waals surface area contributed by atoms with Crippen molar-refractivity contribution in [1.29, 1.82) is 0 Å². The van der Waals surface area contributed by atoms with E-state index >= 15 is 0 Å². The van der Waals surface area contributed by atoms with Gasteiger partial charge in [0.2, 0.25) is 0 Å². The number of hydrogen-bond donors (Lipinski definition) is 0. The summed E-state index contributed by atoms with van der Waals surface area (Å²) in [5.41, 5.74) is 1.97. The minimum atomic E-state index is -0.00791. The second-order valence-corrected chi connectivity index (χ2v) is 8.84. The second kappa shape index (κ2) is 5.22. The topological polar surface area (TPSA) is 26.3 Å². The van der Waals surface area contributed by atoms with Crippen LogP contribution in [0.5, 0.6) is 0 Å². The summed E-state index contributed by atoms with van der Waals surface area (Å²) in [5.74, 6) is 2.68. The van der Waals surface area contributed by atoms with Gasteiger partial charge in [-0.05, 0) is 61.7 Å². The SMILES string of the molecule is C=COC1CCC2(C)C(=CCC3C4CCC(=O)C4(C)CCC32)C1. The molecule has 6 unspecified atom stereocenters. The molecular formula is C21H30O2. The molecule has 4 aliphatic carbocycles. The molecule has 0 N–H and O–H groups in total. The molecule has 3 fully saturated rings. The number of ether oxygens (including phenoxy) is 1. The summed E-state index contributed by atoms with van der Waals surface area (Å²) >= 11 is 0. The average Bonchev–Trinajstić information content (AvgIpc) is 2.84. The lowest BCUT2D eigenvalue weighted by Gasteiger charge is -2.56. The van der Waals surface area contributed by atoms with Crippen molar-refractivity contribution in [1.82, 2.24) is 0 Å². The van der Waals surface area contributed by atoms with E-state index < -0.39 is 0 Å². The van der Waals surface area contributed by atoms with Gasteiger partial charge in [0.15, 0.2) is 0 Å². The highest BCUT2D eigenvalue weighted by Crippen LogP contribution is 2.64. The third-order valence-electron chi connectivity index (χ3n) is 8.06. The van der Waals surface area contributed by atoms with Crippen molar-refractivity contribution in [3.8, 4) is 0 Å². The van der Waals surface area contributed by atoms with Crippen molar-refractivity contribution in [3.05, 3.63) is 24.5 Å². The van der Waals surface area contributed by atoms with E-state index in [9.17, 15) is 4.79 Å². The van der Waals surface area contributed by atoms with E-state index in [0.717, 1.165) is 43.9 Å². The molecule has 0 aliphatic heterocycles. The molecule has 0 radical (unpaired) electrons. The zero-order chi connectivity index (χ0) is 16.2. The zero-order valence-electron chi connectivity index (χ0n) is 14.6. The van der Waals surface area contributed by atoms with Gasteiger partial charge >= 0.3 is 0 Å². The molecule has 23 heavy (non-hydrogen) atoms. The molecule has 6 atom stereocenters. The number of ketones is 1. The molecule has 0 aromatic rings. The summed E-state index contributed by atoms with van der Waals surface area (Å²) in [7, 11) is 0. The standard InChI is InChI=1S/C21H30O2/c1-4-23-15-9-11-20(2)14(13-15)5-6-16-17-7-8-19(22)21(17,3)12-10-18(16)20/h4-5,15-18H,1,6-13H2,2-3H3. The Morgan fingerprint density at radius 1 is 1.17 bits per heavy atom. The summed E-state index contributed by atoms with van der Waals surface area (Å²) in [6.07, 6.45) is 13.4. The number of fused-ring (bicyclic) bond motifs is 5. The summed E-state index contributed by atoms with van der Waals surface area (Å²) in [6, 6.07) is 0. The molecular weight excluding hydrogens is 284 g/mol. The minimum Gasteiger partial charge on any atom is -0.498 e. The maximum Gasteiger partial charge on any atom is 0.139 e. The summed E-state index contributed by atoms with van der Waals surface area (Å²) in [6.45, 7) is 8.48. The molecule has 0 spiro atoms. The van der Waals surface area contributed by atoms with Gasteiger partial charge in [0.1, 0.15) is 11.9 Å². The fourth-order valence-corrected chi connectivity index (χ4v) is 6.65. The van der Waals surface area contributed by atoms with Gasteiger partial charge in [-0.25, -0.2) is 0 Å².